The predicted molar refractivity (Wildman–Crippen MR) is 129 cm³/mol. The van der Waals surface area contributed by atoms with Gasteiger partial charge in [-0.2, -0.15) is 0 Å². The molecule has 0 aromatic heterocycles. The van der Waals surface area contributed by atoms with Crippen LogP contribution >= 0.6 is 23.4 Å². The van der Waals surface area contributed by atoms with Crippen LogP contribution in [0.25, 0.3) is 0 Å². The molecule has 2 amide bonds. The minimum Gasteiger partial charge on any atom is -0.497 e. The van der Waals surface area contributed by atoms with E-state index in [0.717, 1.165) is 4.90 Å². The molecule has 0 aliphatic rings. The van der Waals surface area contributed by atoms with Gasteiger partial charge in [0.25, 0.3) is 5.91 Å². The number of anilines is 2. The first-order valence-corrected chi connectivity index (χ1v) is 11.0. The maximum Gasteiger partial charge on any atom is 0.255 e. The van der Waals surface area contributed by atoms with E-state index in [2.05, 4.69) is 10.6 Å². The number of benzene rings is 3. The van der Waals surface area contributed by atoms with Crippen molar-refractivity contribution >= 4 is 46.6 Å². The highest BCUT2D eigenvalue weighted by molar-refractivity contribution is 8.00. The molecule has 1 atom stereocenters. The molecule has 0 radical (unpaired) electrons. The highest BCUT2D eigenvalue weighted by atomic mass is 35.5. The van der Waals surface area contributed by atoms with Gasteiger partial charge in [-0.1, -0.05) is 23.7 Å². The normalized spacial score (nSPS) is 11.4. The number of carbonyl (C=O) groups is 2. The monoisotopic (exact) mass is 470 g/mol. The first-order chi connectivity index (χ1) is 15.4. The van der Waals surface area contributed by atoms with Crippen molar-refractivity contribution in [2.75, 3.05) is 24.9 Å². The van der Waals surface area contributed by atoms with Crippen LogP contribution in [0.15, 0.2) is 71.6 Å². The Labute approximate surface area is 196 Å². The SMILES string of the molecule is COc1cc(NC(=O)C(C)Sc2cccc(NC(=O)c3cccc(Cl)c3)c2)cc(OC)c1. The summed E-state index contributed by atoms with van der Waals surface area (Å²) in [6, 6.07) is 19.3. The third-order valence-electron chi connectivity index (χ3n) is 4.48. The van der Waals surface area contributed by atoms with Gasteiger partial charge in [-0.15, -0.1) is 11.8 Å². The molecule has 0 heterocycles. The number of amides is 2. The van der Waals surface area contributed by atoms with Crippen molar-refractivity contribution in [3.8, 4) is 11.5 Å². The Morgan fingerprint density at radius 2 is 1.56 bits per heavy atom. The number of halogens is 1. The predicted octanol–water partition coefficient (Wildman–Crippen LogP) is 5.73. The molecule has 0 aliphatic heterocycles. The summed E-state index contributed by atoms with van der Waals surface area (Å²) in [5.74, 6) is 0.747. The van der Waals surface area contributed by atoms with Gasteiger partial charge in [-0.3, -0.25) is 9.59 Å². The van der Waals surface area contributed by atoms with Gasteiger partial charge in [0, 0.05) is 45.1 Å². The molecular weight excluding hydrogens is 448 g/mol. The molecule has 0 saturated carbocycles. The molecule has 0 bridgehead atoms. The van der Waals surface area contributed by atoms with Crippen molar-refractivity contribution in [2.45, 2.75) is 17.1 Å². The van der Waals surface area contributed by atoms with E-state index in [1.165, 1.54) is 11.8 Å². The molecule has 3 aromatic carbocycles. The van der Waals surface area contributed by atoms with Gasteiger partial charge in [0.1, 0.15) is 11.5 Å². The third kappa shape index (κ3) is 6.42. The zero-order valence-electron chi connectivity index (χ0n) is 17.8. The fourth-order valence-corrected chi connectivity index (χ4v) is 3.98. The number of ether oxygens (including phenoxy) is 2. The lowest BCUT2D eigenvalue weighted by Crippen LogP contribution is -2.22. The average molecular weight is 471 g/mol. The standard InChI is InChI=1S/C24H23ClN2O4S/c1-15(23(28)27-19-11-20(30-2)14-21(12-19)31-3)32-22-9-5-8-18(13-22)26-24(29)16-6-4-7-17(25)10-16/h4-15H,1-3H3,(H,26,29)(H,27,28). The second-order valence-electron chi connectivity index (χ2n) is 6.84. The quantitative estimate of drug-likeness (QED) is 0.411. The van der Waals surface area contributed by atoms with E-state index >= 15 is 0 Å². The summed E-state index contributed by atoms with van der Waals surface area (Å²) in [6.07, 6.45) is 0. The Hall–Kier alpha value is -3.16. The molecular formula is C24H23ClN2O4S. The van der Waals surface area contributed by atoms with Gasteiger partial charge in [0.2, 0.25) is 5.91 Å². The number of rotatable bonds is 8. The summed E-state index contributed by atoms with van der Waals surface area (Å²) in [7, 11) is 3.11. The van der Waals surface area contributed by atoms with E-state index in [1.54, 1.807) is 62.8 Å². The van der Waals surface area contributed by atoms with Crippen LogP contribution in [0.2, 0.25) is 5.02 Å². The maximum atomic E-state index is 12.7. The van der Waals surface area contributed by atoms with E-state index in [1.807, 2.05) is 25.1 Å². The molecule has 3 aromatic rings. The summed E-state index contributed by atoms with van der Waals surface area (Å²) < 4.78 is 10.5. The van der Waals surface area contributed by atoms with Gasteiger partial charge >= 0.3 is 0 Å². The van der Waals surface area contributed by atoms with Crippen LogP contribution in [0.1, 0.15) is 17.3 Å². The molecule has 32 heavy (non-hydrogen) atoms. The van der Waals surface area contributed by atoms with Crippen molar-refractivity contribution in [3.05, 3.63) is 77.3 Å². The lowest BCUT2D eigenvalue weighted by Gasteiger charge is -2.14. The minimum atomic E-state index is -0.383. The van der Waals surface area contributed by atoms with Crippen LogP contribution in [0.4, 0.5) is 11.4 Å². The maximum absolute atomic E-state index is 12.7. The van der Waals surface area contributed by atoms with Gasteiger partial charge in [-0.05, 0) is 43.3 Å². The van der Waals surface area contributed by atoms with Gasteiger partial charge < -0.3 is 20.1 Å². The topological polar surface area (TPSA) is 76.7 Å². The smallest absolute Gasteiger partial charge is 0.255 e. The number of thioether (sulfide) groups is 1. The summed E-state index contributed by atoms with van der Waals surface area (Å²) in [5, 5.41) is 5.85. The van der Waals surface area contributed by atoms with E-state index in [9.17, 15) is 9.59 Å². The lowest BCUT2D eigenvalue weighted by molar-refractivity contribution is -0.115. The number of carbonyl (C=O) groups excluding carboxylic acids is 2. The van der Waals surface area contributed by atoms with Crippen molar-refractivity contribution in [1.29, 1.82) is 0 Å². The first-order valence-electron chi connectivity index (χ1n) is 9.75. The number of nitrogens with one attached hydrogen (secondary N) is 2. The summed E-state index contributed by atoms with van der Waals surface area (Å²) in [5.41, 5.74) is 1.68. The Morgan fingerprint density at radius 1 is 0.875 bits per heavy atom. The van der Waals surface area contributed by atoms with Crippen molar-refractivity contribution in [1.82, 2.24) is 0 Å². The molecule has 8 heteroatoms. The van der Waals surface area contributed by atoms with Crippen LogP contribution < -0.4 is 20.1 Å². The molecule has 6 nitrogen and oxygen atoms in total. The molecule has 3 rings (SSSR count). The first kappa shape index (κ1) is 23.5. The van der Waals surface area contributed by atoms with Crippen molar-refractivity contribution < 1.29 is 19.1 Å². The molecule has 2 N–H and O–H groups in total. The van der Waals surface area contributed by atoms with Crippen molar-refractivity contribution in [2.24, 2.45) is 0 Å². The molecule has 0 fully saturated rings. The highest BCUT2D eigenvalue weighted by Crippen LogP contribution is 2.29. The van der Waals surface area contributed by atoms with Crippen LogP contribution in [-0.2, 0) is 4.79 Å². The fourth-order valence-electron chi connectivity index (χ4n) is 2.86. The molecule has 0 saturated heterocycles. The largest absolute Gasteiger partial charge is 0.497 e. The number of methoxy groups -OCH3 is 2. The van der Waals surface area contributed by atoms with Crippen molar-refractivity contribution in [3.63, 3.8) is 0 Å². The van der Waals surface area contributed by atoms with E-state index in [-0.39, 0.29) is 17.1 Å². The van der Waals surface area contributed by atoms with E-state index in [0.29, 0.717) is 33.5 Å². The second kappa shape index (κ2) is 10.9. The Balaban J connectivity index is 1.64. The summed E-state index contributed by atoms with van der Waals surface area (Å²) in [6.45, 7) is 1.81. The Morgan fingerprint density at radius 3 is 2.22 bits per heavy atom. The lowest BCUT2D eigenvalue weighted by atomic mass is 10.2. The van der Waals surface area contributed by atoms with Crippen LogP contribution in [0.5, 0.6) is 11.5 Å². The zero-order valence-corrected chi connectivity index (χ0v) is 19.4. The van der Waals surface area contributed by atoms with E-state index in [4.69, 9.17) is 21.1 Å². The highest BCUT2D eigenvalue weighted by Gasteiger charge is 2.16. The average Bonchev–Trinajstić information content (AvgIpc) is 2.78. The third-order valence-corrected chi connectivity index (χ3v) is 5.81. The second-order valence-corrected chi connectivity index (χ2v) is 8.69. The zero-order chi connectivity index (χ0) is 23.1. The van der Waals surface area contributed by atoms with Crippen LogP contribution in [-0.4, -0.2) is 31.3 Å². The number of hydrogen-bond donors (Lipinski definition) is 2. The van der Waals surface area contributed by atoms with Gasteiger partial charge in [-0.25, -0.2) is 0 Å². The molecule has 0 spiro atoms. The van der Waals surface area contributed by atoms with Gasteiger partial charge in [0.05, 0.1) is 19.5 Å². The number of hydrogen-bond acceptors (Lipinski definition) is 5. The minimum absolute atomic E-state index is 0.168. The van der Waals surface area contributed by atoms with Crippen LogP contribution in [0.3, 0.4) is 0 Å². The van der Waals surface area contributed by atoms with E-state index < -0.39 is 0 Å². The Kier molecular flexibility index (Phi) is 8.03. The summed E-state index contributed by atoms with van der Waals surface area (Å²) in [4.78, 5) is 26.0. The molecule has 1 unspecified atom stereocenters. The Bertz CT molecular complexity index is 1100. The molecule has 0 aliphatic carbocycles. The summed E-state index contributed by atoms with van der Waals surface area (Å²) >= 11 is 7.34. The van der Waals surface area contributed by atoms with Gasteiger partial charge in [0.15, 0.2) is 0 Å². The molecule has 166 valence electrons. The van der Waals surface area contributed by atoms with Crippen LogP contribution in [0, 0.1) is 0 Å². The fraction of sp³-hybridized carbons (Fsp3) is 0.167.